The van der Waals surface area contributed by atoms with Crippen LogP contribution in [0.2, 0.25) is 0 Å². The van der Waals surface area contributed by atoms with Gasteiger partial charge in [0.1, 0.15) is 6.04 Å². The predicted molar refractivity (Wildman–Crippen MR) is 97.7 cm³/mol. The molecule has 0 amide bonds. The molecule has 158 valence electrons. The van der Waals surface area contributed by atoms with Crippen LogP contribution in [0.25, 0.3) is 0 Å². The van der Waals surface area contributed by atoms with Gasteiger partial charge in [-0.3, -0.25) is 10.1 Å². The van der Waals surface area contributed by atoms with Gasteiger partial charge in [0.15, 0.2) is 0 Å². The number of carbonyl (C=O) groups is 1. The minimum Gasteiger partial charge on any atom is -0.480 e. The Morgan fingerprint density at radius 2 is 1.45 bits per heavy atom. The molecule has 0 saturated carbocycles. The number of hydrogen-bond acceptors (Lipinski definition) is 3. The van der Waals surface area contributed by atoms with E-state index in [0.717, 1.165) is 24.3 Å². The van der Waals surface area contributed by atoms with Crippen LogP contribution in [0.5, 0.6) is 0 Å². The lowest BCUT2D eigenvalue weighted by Crippen LogP contribution is -2.43. The van der Waals surface area contributed by atoms with Gasteiger partial charge in [-0.2, -0.15) is 39.0 Å². The van der Waals surface area contributed by atoms with E-state index < -0.39 is 47.6 Å². The van der Waals surface area contributed by atoms with Crippen molar-refractivity contribution in [2.75, 3.05) is 0 Å². The maximum absolute atomic E-state index is 12.8. The Labute approximate surface area is 168 Å². The molecule has 0 fully saturated rings. The molecule has 10 heteroatoms. The van der Waals surface area contributed by atoms with Gasteiger partial charge in [-0.25, -0.2) is 0 Å². The van der Waals surface area contributed by atoms with Crippen molar-refractivity contribution in [1.29, 1.82) is 0 Å². The highest BCUT2D eigenvalue weighted by atomic mass is 32.1. The first-order chi connectivity index (χ1) is 13.4. The van der Waals surface area contributed by atoms with Crippen molar-refractivity contribution in [1.82, 2.24) is 5.32 Å². The van der Waals surface area contributed by atoms with Crippen LogP contribution in [0.3, 0.4) is 0 Å². The highest BCUT2D eigenvalue weighted by Gasteiger charge is 2.40. The van der Waals surface area contributed by atoms with E-state index in [4.69, 9.17) is 0 Å². The summed E-state index contributed by atoms with van der Waals surface area (Å²) in [7, 11) is 0. The molecule has 0 aromatic heterocycles. The largest absolute Gasteiger partial charge is 0.480 e. The lowest BCUT2D eigenvalue weighted by atomic mass is 9.96. The Balaban J connectivity index is 2.37. The molecule has 2 unspecified atom stereocenters. The molecule has 0 heterocycles. The molecule has 0 spiro atoms. The molecule has 3 atom stereocenters. The zero-order chi connectivity index (χ0) is 21.8. The highest BCUT2D eigenvalue weighted by molar-refractivity contribution is 7.81. The van der Waals surface area contributed by atoms with Crippen LogP contribution in [0.1, 0.15) is 29.2 Å². The minimum absolute atomic E-state index is 0.276. The SMILES string of the molecule is O=C(O)C(C[C@H](S)C(F)(F)F)NC(c1ccccc1)c1ccc(C(F)(F)F)cc1. The Kier molecular flexibility index (Phi) is 7.23. The summed E-state index contributed by atoms with van der Waals surface area (Å²) in [5, 5.41) is 9.81. The monoisotopic (exact) mass is 437 g/mol. The van der Waals surface area contributed by atoms with Crippen molar-refractivity contribution in [2.24, 2.45) is 0 Å². The summed E-state index contributed by atoms with van der Waals surface area (Å²) >= 11 is 3.43. The second-order valence-electron chi connectivity index (χ2n) is 6.31. The van der Waals surface area contributed by atoms with Crippen LogP contribution in [-0.2, 0) is 11.0 Å². The zero-order valence-electron chi connectivity index (χ0n) is 14.7. The molecular weight excluding hydrogens is 420 g/mol. The van der Waals surface area contributed by atoms with Crippen LogP contribution in [0.15, 0.2) is 54.6 Å². The summed E-state index contributed by atoms with van der Waals surface area (Å²) in [6.45, 7) is 0. The molecule has 0 aliphatic rings. The van der Waals surface area contributed by atoms with Crippen LogP contribution >= 0.6 is 12.6 Å². The number of carboxylic acid groups (broad SMARTS) is 1. The van der Waals surface area contributed by atoms with Crippen molar-refractivity contribution in [3.05, 3.63) is 71.3 Å². The van der Waals surface area contributed by atoms with Gasteiger partial charge in [-0.05, 0) is 29.7 Å². The van der Waals surface area contributed by atoms with Crippen molar-refractivity contribution < 1.29 is 36.2 Å². The van der Waals surface area contributed by atoms with Crippen molar-refractivity contribution >= 4 is 18.6 Å². The van der Waals surface area contributed by atoms with E-state index in [2.05, 4.69) is 17.9 Å². The van der Waals surface area contributed by atoms with Crippen LogP contribution in [0.4, 0.5) is 26.3 Å². The molecule has 0 radical (unpaired) electrons. The summed E-state index contributed by atoms with van der Waals surface area (Å²) in [4.78, 5) is 11.5. The summed E-state index contributed by atoms with van der Waals surface area (Å²) in [6.07, 6.45) is -10.1. The molecular formula is C19H17F6NO2S. The normalized spacial score (nSPS) is 15.6. The fourth-order valence-corrected chi connectivity index (χ4v) is 2.90. The number of carboxylic acids is 1. The third kappa shape index (κ3) is 6.40. The lowest BCUT2D eigenvalue weighted by Gasteiger charge is -2.26. The van der Waals surface area contributed by atoms with Crippen LogP contribution in [-0.4, -0.2) is 28.5 Å². The Bertz CT molecular complexity index is 808. The number of rotatable bonds is 7. The summed E-state index contributed by atoms with van der Waals surface area (Å²) in [6, 6.07) is 9.53. The van der Waals surface area contributed by atoms with Gasteiger partial charge in [0.05, 0.1) is 16.9 Å². The number of hydrogen-bond donors (Lipinski definition) is 3. The van der Waals surface area contributed by atoms with Gasteiger partial charge in [-0.15, -0.1) is 0 Å². The second kappa shape index (κ2) is 9.08. The minimum atomic E-state index is -4.70. The number of nitrogens with one attached hydrogen (secondary N) is 1. The molecule has 0 aliphatic heterocycles. The van der Waals surface area contributed by atoms with Gasteiger partial charge < -0.3 is 5.11 Å². The molecule has 0 bridgehead atoms. The maximum atomic E-state index is 12.8. The van der Waals surface area contributed by atoms with E-state index in [9.17, 15) is 36.2 Å². The van der Waals surface area contributed by atoms with Crippen molar-refractivity contribution in [3.8, 4) is 0 Å². The number of benzene rings is 2. The first-order valence-corrected chi connectivity index (χ1v) is 8.87. The van der Waals surface area contributed by atoms with E-state index in [1.165, 1.54) is 0 Å². The fraction of sp³-hybridized carbons (Fsp3) is 0.316. The average Bonchev–Trinajstić information content (AvgIpc) is 2.64. The maximum Gasteiger partial charge on any atom is 0.416 e. The first kappa shape index (κ1) is 23.1. The topological polar surface area (TPSA) is 49.3 Å². The first-order valence-electron chi connectivity index (χ1n) is 8.35. The molecule has 2 N–H and O–H groups in total. The van der Waals surface area contributed by atoms with E-state index >= 15 is 0 Å². The van der Waals surface area contributed by atoms with E-state index in [1.807, 2.05) is 0 Å². The molecule has 29 heavy (non-hydrogen) atoms. The summed E-state index contributed by atoms with van der Waals surface area (Å²) in [5.41, 5.74) is -0.130. The van der Waals surface area contributed by atoms with Gasteiger partial charge in [-0.1, -0.05) is 42.5 Å². The van der Waals surface area contributed by atoms with E-state index in [1.54, 1.807) is 30.3 Å². The smallest absolute Gasteiger partial charge is 0.416 e. The Morgan fingerprint density at radius 3 is 1.90 bits per heavy atom. The Morgan fingerprint density at radius 1 is 0.931 bits per heavy atom. The van der Waals surface area contributed by atoms with Gasteiger partial charge in [0.2, 0.25) is 0 Å². The highest BCUT2D eigenvalue weighted by Crippen LogP contribution is 2.32. The summed E-state index contributed by atoms with van der Waals surface area (Å²) in [5.74, 6) is -1.53. The summed E-state index contributed by atoms with van der Waals surface area (Å²) < 4.78 is 76.8. The second-order valence-corrected chi connectivity index (χ2v) is 6.94. The molecule has 3 nitrogen and oxygen atoms in total. The molecule has 2 rings (SSSR count). The molecule has 0 aliphatic carbocycles. The Hall–Kier alpha value is -2.20. The molecule has 2 aromatic rings. The lowest BCUT2D eigenvalue weighted by molar-refractivity contribution is -0.144. The van der Waals surface area contributed by atoms with Gasteiger partial charge >= 0.3 is 18.3 Å². The quantitative estimate of drug-likeness (QED) is 0.418. The average molecular weight is 437 g/mol. The van der Waals surface area contributed by atoms with Crippen LogP contribution in [0, 0.1) is 0 Å². The van der Waals surface area contributed by atoms with Crippen LogP contribution < -0.4 is 5.32 Å². The van der Waals surface area contributed by atoms with Gasteiger partial charge in [0.25, 0.3) is 0 Å². The third-order valence-corrected chi connectivity index (χ3v) is 4.71. The molecule has 2 aromatic carbocycles. The van der Waals surface area contributed by atoms with E-state index in [0.29, 0.717) is 5.56 Å². The number of alkyl halides is 6. The zero-order valence-corrected chi connectivity index (χ0v) is 15.6. The van der Waals surface area contributed by atoms with Crippen molar-refractivity contribution in [2.45, 2.75) is 36.1 Å². The van der Waals surface area contributed by atoms with E-state index in [-0.39, 0.29) is 5.56 Å². The number of halogens is 6. The number of aliphatic carboxylic acids is 1. The standard InChI is InChI=1S/C19H17F6NO2S/c20-18(21,22)13-8-6-12(7-9-13)16(11-4-2-1-3-5-11)26-14(17(27)28)10-15(29)19(23,24)25/h1-9,14-16,26,29H,10H2,(H,27,28)/t14?,15-,16?/m0/s1. The fourth-order valence-electron chi connectivity index (χ4n) is 2.69. The van der Waals surface area contributed by atoms with Gasteiger partial charge in [0, 0.05) is 0 Å². The molecule has 0 saturated heterocycles. The van der Waals surface area contributed by atoms with Crippen molar-refractivity contribution in [3.63, 3.8) is 0 Å². The third-order valence-electron chi connectivity index (χ3n) is 4.21. The number of thiol groups is 1. The predicted octanol–water partition coefficient (Wildman–Crippen LogP) is 5.09.